The Labute approximate surface area is 161 Å². The molecule has 0 bridgehead atoms. The number of hydrogen-bond acceptors (Lipinski definition) is 4. The molecule has 0 spiro atoms. The van der Waals surface area contributed by atoms with Crippen LogP contribution in [0, 0.1) is 0 Å². The van der Waals surface area contributed by atoms with Crippen LogP contribution in [-0.4, -0.2) is 31.4 Å². The van der Waals surface area contributed by atoms with E-state index >= 15 is 0 Å². The zero-order valence-corrected chi connectivity index (χ0v) is 18.0. The van der Waals surface area contributed by atoms with Gasteiger partial charge in [0.25, 0.3) is 0 Å². The van der Waals surface area contributed by atoms with Gasteiger partial charge >= 0.3 is 6.09 Å². The fourth-order valence-electron chi connectivity index (χ4n) is 2.07. The smallest absolute Gasteiger partial charge is 0.407 e. The standard InChI is InChI=1S/C17H26Br2N2O3/c1-6-12(21-16(22)24-17(2,3)4)10-20-9-11-7-13(18)15(23-5)14(19)8-11/h7-8,12,20H,6,9-10H2,1-5H3,(H,21,22). The first-order chi connectivity index (χ1) is 11.2. The van der Waals surface area contributed by atoms with E-state index in [1.807, 2.05) is 39.8 Å². The fourth-order valence-corrected chi connectivity index (χ4v) is 3.68. The highest BCUT2D eigenvalue weighted by molar-refractivity contribution is 9.11. The van der Waals surface area contributed by atoms with Gasteiger partial charge in [0.05, 0.1) is 16.1 Å². The van der Waals surface area contributed by atoms with Gasteiger partial charge in [0.1, 0.15) is 11.4 Å². The molecule has 1 rings (SSSR count). The lowest BCUT2D eigenvalue weighted by molar-refractivity contribution is 0.0502. The Morgan fingerprint density at radius 2 is 1.83 bits per heavy atom. The Morgan fingerprint density at radius 3 is 2.29 bits per heavy atom. The van der Waals surface area contributed by atoms with E-state index < -0.39 is 5.60 Å². The highest BCUT2D eigenvalue weighted by atomic mass is 79.9. The maximum absolute atomic E-state index is 11.8. The SMILES string of the molecule is CCC(CNCc1cc(Br)c(OC)c(Br)c1)NC(=O)OC(C)(C)C. The number of amides is 1. The van der Waals surface area contributed by atoms with Crippen molar-refractivity contribution in [2.45, 2.75) is 52.3 Å². The van der Waals surface area contributed by atoms with E-state index in [0.29, 0.717) is 13.1 Å². The second kappa shape index (κ2) is 9.63. The largest absolute Gasteiger partial charge is 0.494 e. The molecule has 24 heavy (non-hydrogen) atoms. The topological polar surface area (TPSA) is 59.6 Å². The van der Waals surface area contributed by atoms with Gasteiger partial charge in [-0.2, -0.15) is 0 Å². The van der Waals surface area contributed by atoms with E-state index in [9.17, 15) is 4.79 Å². The average Bonchev–Trinajstić information content (AvgIpc) is 2.44. The van der Waals surface area contributed by atoms with Crippen LogP contribution in [0.2, 0.25) is 0 Å². The summed E-state index contributed by atoms with van der Waals surface area (Å²) >= 11 is 6.99. The van der Waals surface area contributed by atoms with Crippen LogP contribution in [-0.2, 0) is 11.3 Å². The Balaban J connectivity index is 2.51. The van der Waals surface area contributed by atoms with Gasteiger partial charge in [-0.1, -0.05) is 6.92 Å². The third-order valence-electron chi connectivity index (χ3n) is 3.20. The van der Waals surface area contributed by atoms with Crippen molar-refractivity contribution in [1.29, 1.82) is 0 Å². The predicted molar refractivity (Wildman–Crippen MR) is 104 cm³/mol. The molecular weight excluding hydrogens is 440 g/mol. The molecule has 0 aliphatic heterocycles. The lowest BCUT2D eigenvalue weighted by Crippen LogP contribution is -2.43. The summed E-state index contributed by atoms with van der Waals surface area (Å²) in [5, 5.41) is 6.25. The van der Waals surface area contributed by atoms with Crippen LogP contribution in [0.5, 0.6) is 5.75 Å². The minimum Gasteiger partial charge on any atom is -0.494 e. The van der Waals surface area contributed by atoms with E-state index in [1.54, 1.807) is 7.11 Å². The third-order valence-corrected chi connectivity index (χ3v) is 4.37. The molecule has 136 valence electrons. The number of halogens is 2. The molecule has 0 aliphatic rings. The van der Waals surface area contributed by atoms with Crippen molar-refractivity contribution in [3.63, 3.8) is 0 Å². The summed E-state index contributed by atoms with van der Waals surface area (Å²) in [5.74, 6) is 0.775. The zero-order valence-electron chi connectivity index (χ0n) is 14.8. The molecule has 0 aromatic heterocycles. The molecule has 5 nitrogen and oxygen atoms in total. The number of carbonyl (C=O) groups excluding carboxylic acids is 1. The van der Waals surface area contributed by atoms with Crippen molar-refractivity contribution in [3.8, 4) is 5.75 Å². The lowest BCUT2D eigenvalue weighted by Gasteiger charge is -2.23. The number of hydrogen-bond donors (Lipinski definition) is 2. The summed E-state index contributed by atoms with van der Waals surface area (Å²) in [6.07, 6.45) is 0.438. The van der Waals surface area contributed by atoms with Crippen LogP contribution in [0.3, 0.4) is 0 Å². The van der Waals surface area contributed by atoms with Crippen molar-refractivity contribution in [1.82, 2.24) is 10.6 Å². The Kier molecular flexibility index (Phi) is 8.53. The lowest BCUT2D eigenvalue weighted by atomic mass is 10.2. The number of nitrogens with one attached hydrogen (secondary N) is 2. The Morgan fingerprint density at radius 1 is 1.25 bits per heavy atom. The summed E-state index contributed by atoms with van der Waals surface area (Å²) in [6.45, 7) is 8.94. The van der Waals surface area contributed by atoms with Crippen LogP contribution < -0.4 is 15.4 Å². The maximum Gasteiger partial charge on any atom is 0.407 e. The van der Waals surface area contributed by atoms with E-state index in [0.717, 1.165) is 26.7 Å². The van der Waals surface area contributed by atoms with Gasteiger partial charge < -0.3 is 20.1 Å². The van der Waals surface area contributed by atoms with Crippen molar-refractivity contribution in [2.75, 3.05) is 13.7 Å². The summed E-state index contributed by atoms with van der Waals surface area (Å²) < 4.78 is 12.4. The van der Waals surface area contributed by atoms with Gasteiger partial charge in [-0.3, -0.25) is 0 Å². The highest BCUT2D eigenvalue weighted by Crippen LogP contribution is 2.34. The molecule has 1 amide bonds. The third kappa shape index (κ3) is 7.40. The highest BCUT2D eigenvalue weighted by Gasteiger charge is 2.18. The summed E-state index contributed by atoms with van der Waals surface area (Å²) in [7, 11) is 1.64. The normalized spacial score (nSPS) is 12.6. The van der Waals surface area contributed by atoms with E-state index in [1.165, 1.54) is 0 Å². The second-order valence-electron chi connectivity index (χ2n) is 6.48. The summed E-state index contributed by atoms with van der Waals surface area (Å²) in [6, 6.07) is 4.04. The molecule has 0 fully saturated rings. The quantitative estimate of drug-likeness (QED) is 0.617. The number of alkyl carbamates (subject to hydrolysis) is 1. The molecule has 7 heteroatoms. The van der Waals surface area contributed by atoms with E-state index in [2.05, 4.69) is 42.5 Å². The van der Waals surface area contributed by atoms with Crippen molar-refractivity contribution in [3.05, 3.63) is 26.6 Å². The van der Waals surface area contributed by atoms with Crippen LogP contribution in [0.1, 0.15) is 39.7 Å². The first kappa shape index (κ1) is 21.3. The Hall–Kier alpha value is -0.790. The molecule has 1 aromatic carbocycles. The number of methoxy groups -OCH3 is 1. The molecular formula is C17H26Br2N2O3. The number of rotatable bonds is 7. The monoisotopic (exact) mass is 464 g/mol. The van der Waals surface area contributed by atoms with Crippen molar-refractivity contribution in [2.24, 2.45) is 0 Å². The van der Waals surface area contributed by atoms with E-state index in [-0.39, 0.29) is 12.1 Å². The van der Waals surface area contributed by atoms with Crippen LogP contribution in [0.4, 0.5) is 4.79 Å². The average molecular weight is 466 g/mol. The first-order valence-corrected chi connectivity index (χ1v) is 9.47. The minimum absolute atomic E-state index is 0.0185. The molecule has 2 N–H and O–H groups in total. The molecule has 0 saturated carbocycles. The molecule has 1 atom stereocenters. The molecule has 0 aliphatic carbocycles. The second-order valence-corrected chi connectivity index (χ2v) is 8.18. The fraction of sp³-hybridized carbons (Fsp3) is 0.588. The predicted octanol–water partition coefficient (Wildman–Crippen LogP) is 4.61. The first-order valence-electron chi connectivity index (χ1n) is 7.88. The molecule has 0 radical (unpaired) electrons. The van der Waals surface area contributed by atoms with E-state index in [4.69, 9.17) is 9.47 Å². The molecule has 0 saturated heterocycles. The van der Waals surface area contributed by atoms with Crippen molar-refractivity contribution < 1.29 is 14.3 Å². The van der Waals surface area contributed by atoms with Gasteiger partial charge in [-0.05, 0) is 76.7 Å². The molecule has 0 heterocycles. The van der Waals surface area contributed by atoms with Crippen LogP contribution in [0.25, 0.3) is 0 Å². The number of carbonyl (C=O) groups is 1. The maximum atomic E-state index is 11.8. The van der Waals surface area contributed by atoms with Gasteiger partial charge in [0.15, 0.2) is 0 Å². The summed E-state index contributed by atoms with van der Waals surface area (Å²) in [5.41, 5.74) is 0.624. The van der Waals surface area contributed by atoms with Crippen LogP contribution >= 0.6 is 31.9 Å². The zero-order chi connectivity index (χ0) is 18.3. The van der Waals surface area contributed by atoms with Gasteiger partial charge in [-0.25, -0.2) is 4.79 Å². The summed E-state index contributed by atoms with van der Waals surface area (Å²) in [4.78, 5) is 11.8. The number of benzene rings is 1. The molecule has 1 unspecified atom stereocenters. The number of ether oxygens (including phenoxy) is 2. The van der Waals surface area contributed by atoms with Crippen LogP contribution in [0.15, 0.2) is 21.1 Å². The Bertz CT molecular complexity index is 536. The van der Waals surface area contributed by atoms with Crippen molar-refractivity contribution >= 4 is 38.0 Å². The minimum atomic E-state index is -0.489. The van der Waals surface area contributed by atoms with Gasteiger partial charge in [0.2, 0.25) is 0 Å². The molecule has 1 aromatic rings. The van der Waals surface area contributed by atoms with Gasteiger partial charge in [-0.15, -0.1) is 0 Å². The van der Waals surface area contributed by atoms with Gasteiger partial charge in [0, 0.05) is 19.1 Å².